The average molecular weight is 1150 g/mol. The number of rotatable bonds is 13. The molecule has 6 aromatic carbocycles. The molecule has 6 aromatic rings. The number of aliphatic hydroxyl groups excluding tert-OH is 1. The maximum absolute atomic E-state index is 15.4. The van der Waals surface area contributed by atoms with E-state index in [0.29, 0.717) is 5.56 Å². The predicted molar refractivity (Wildman–Crippen MR) is 266 cm³/mol. The number of halogens is 9. The third-order valence-corrected chi connectivity index (χ3v) is 15.2. The van der Waals surface area contributed by atoms with Crippen molar-refractivity contribution in [1.29, 1.82) is 0 Å². The molecule has 0 fully saturated rings. The zero-order valence-corrected chi connectivity index (χ0v) is 44.2. The van der Waals surface area contributed by atoms with Crippen LogP contribution in [0.3, 0.4) is 0 Å². The molecule has 0 aromatic heterocycles. The van der Waals surface area contributed by atoms with Crippen molar-refractivity contribution < 1.29 is 81.6 Å². The van der Waals surface area contributed by atoms with Crippen LogP contribution in [0.4, 0.5) is 26.3 Å². The normalized spacial score (nSPS) is 17.8. The lowest BCUT2D eigenvalue weighted by atomic mass is 9.95. The minimum Gasteiger partial charge on any atom is -0.457 e. The Hall–Kier alpha value is -5.71. The van der Waals surface area contributed by atoms with Gasteiger partial charge in [-0.05, 0) is 85.1 Å². The van der Waals surface area contributed by atoms with Gasteiger partial charge < -0.3 is 28.8 Å². The molecule has 8 rings (SSSR count). The van der Waals surface area contributed by atoms with Crippen LogP contribution in [0.25, 0.3) is 0 Å². The van der Waals surface area contributed by atoms with Gasteiger partial charge in [-0.15, -0.1) is 0 Å². The molecule has 2 aliphatic rings. The number of esters is 1. The number of hydrogen-bond donors (Lipinski definition) is 1. The first-order valence-corrected chi connectivity index (χ1v) is 26.8. The summed E-state index contributed by atoms with van der Waals surface area (Å²) in [5, 5.41) is 9.42. The van der Waals surface area contributed by atoms with Crippen LogP contribution in [-0.4, -0.2) is 71.7 Å². The quantitative estimate of drug-likeness (QED) is 0.0661. The topological polar surface area (TPSA) is 169 Å². The number of carbonyl (C=O) groups excluding carboxylic acids is 2. The minimum atomic E-state index is -4.04. The van der Waals surface area contributed by atoms with Gasteiger partial charge in [0.2, 0.25) is 0 Å². The molecule has 0 aliphatic heterocycles. The first-order valence-electron chi connectivity index (χ1n) is 21.9. The van der Waals surface area contributed by atoms with Crippen molar-refractivity contribution in [2.75, 3.05) is 26.7 Å². The van der Waals surface area contributed by atoms with Crippen molar-refractivity contribution in [3.8, 4) is 23.0 Å². The van der Waals surface area contributed by atoms with Crippen LogP contribution >= 0.6 is 34.8 Å². The van der Waals surface area contributed by atoms with Crippen LogP contribution < -0.4 is 9.47 Å². The van der Waals surface area contributed by atoms with Crippen molar-refractivity contribution in [2.45, 2.75) is 71.7 Å². The van der Waals surface area contributed by atoms with Gasteiger partial charge >= 0.3 is 5.97 Å². The number of methoxy groups -OCH3 is 2. The first kappa shape index (κ1) is 58.5. The summed E-state index contributed by atoms with van der Waals surface area (Å²) in [5.41, 5.74) is -2.81. The lowest BCUT2D eigenvalue weighted by Crippen LogP contribution is -2.39. The Labute approximate surface area is 442 Å². The molecular weight excluding hydrogens is 1100 g/mol. The second-order valence-electron chi connectivity index (χ2n) is 17.4. The standard InChI is InChI=1S/C26H22ClF3O6S.C16H12ClF3O4S.C10H11ClO2/c1-25(34-2,15-7-5-4-6-8-15)24(31)36-23-22-19(14-26(23,29)30)20(9-10-21(22)37(3,32)33)35-18-12-16(27)11-17(28)13-18;1-25(22,23)13-3-2-12(11-7-16(19,20)15(21)14(11)13)24-10-5-8(17)4-9(18)6-10;1-10(13-2,9(11)12)8-6-4-3-5-7-8/h4-13,23H,14H2,1-3H3;2-6,15,21H,7H2,1H3;3-7H,1-2H3/t23-,25-;15-;10-/m000/s1. The zero-order valence-electron chi connectivity index (χ0n) is 40.3. The molecule has 0 spiro atoms. The Kier molecular flexibility index (Phi) is 17.5. The Morgan fingerprint density at radius 1 is 0.613 bits per heavy atom. The Morgan fingerprint density at radius 2 is 1.01 bits per heavy atom. The van der Waals surface area contributed by atoms with E-state index in [4.69, 9.17) is 58.5 Å². The highest BCUT2D eigenvalue weighted by atomic mass is 35.5. The van der Waals surface area contributed by atoms with Crippen LogP contribution in [0, 0.1) is 11.6 Å². The minimum absolute atomic E-state index is 0.0105. The fraction of sp³-hybridized carbons (Fsp3) is 0.269. The number of alkyl halides is 4. The lowest BCUT2D eigenvalue weighted by molar-refractivity contribution is -0.193. The Bertz CT molecular complexity index is 3320. The predicted octanol–water partition coefficient (Wildman–Crippen LogP) is 12.2. The van der Waals surface area contributed by atoms with E-state index in [-0.39, 0.29) is 44.2 Å². The second kappa shape index (κ2) is 22.5. The monoisotopic (exact) mass is 1140 g/mol. The van der Waals surface area contributed by atoms with Gasteiger partial charge in [0, 0.05) is 84.0 Å². The molecule has 4 atom stereocenters. The van der Waals surface area contributed by atoms with E-state index in [0.717, 1.165) is 54.5 Å². The Balaban J connectivity index is 0.000000206. The number of sulfone groups is 2. The molecular formula is C52H45Cl3F6O12S2. The summed E-state index contributed by atoms with van der Waals surface area (Å²) >= 11 is 17.0. The highest BCUT2D eigenvalue weighted by Crippen LogP contribution is 2.53. The number of ether oxygens (including phenoxy) is 5. The highest BCUT2D eigenvalue weighted by Gasteiger charge is 2.55. The SMILES string of the molecule is CO[C@](C)(C(=O)Cl)c1ccccc1.CO[C@](C)(C(=O)O[C@H]1c2c(S(C)(=O)=O)ccc(Oc3cc(F)cc(Cl)c3)c2CC1(F)F)c1ccccc1.CS(=O)(=O)c1ccc(Oc2cc(F)cc(Cl)c2)c2c1[C@H](O)C(F)(F)C2. The van der Waals surface area contributed by atoms with E-state index < -0.39 is 112 Å². The maximum atomic E-state index is 15.4. The second-order valence-corrected chi connectivity index (χ2v) is 22.6. The van der Waals surface area contributed by atoms with E-state index >= 15 is 8.78 Å². The summed E-state index contributed by atoms with van der Waals surface area (Å²) in [7, 11) is -5.19. The summed E-state index contributed by atoms with van der Waals surface area (Å²) in [4.78, 5) is 23.5. The molecule has 12 nitrogen and oxygen atoms in total. The van der Waals surface area contributed by atoms with Crippen LogP contribution in [0.1, 0.15) is 59.4 Å². The van der Waals surface area contributed by atoms with E-state index in [1.54, 1.807) is 37.3 Å². The third kappa shape index (κ3) is 12.9. The van der Waals surface area contributed by atoms with Gasteiger partial charge in [0.05, 0.1) is 9.79 Å². The number of aliphatic hydroxyl groups is 1. The fourth-order valence-electron chi connectivity index (χ4n) is 8.06. The molecule has 0 radical (unpaired) electrons. The molecule has 75 heavy (non-hydrogen) atoms. The summed E-state index contributed by atoms with van der Waals surface area (Å²) < 4.78 is 162. The molecule has 23 heteroatoms. The van der Waals surface area contributed by atoms with Crippen LogP contribution in [0.5, 0.6) is 23.0 Å². The van der Waals surface area contributed by atoms with Gasteiger partial charge in [-0.2, -0.15) is 0 Å². The number of hydrogen-bond acceptors (Lipinski definition) is 12. The van der Waals surface area contributed by atoms with Crippen molar-refractivity contribution in [2.24, 2.45) is 0 Å². The van der Waals surface area contributed by atoms with E-state index in [1.807, 2.05) is 30.3 Å². The number of benzene rings is 6. The van der Waals surface area contributed by atoms with Crippen LogP contribution in [-0.2, 0) is 67.5 Å². The third-order valence-electron chi connectivity index (χ3n) is 12.1. The molecule has 0 heterocycles. The van der Waals surface area contributed by atoms with Crippen molar-refractivity contribution in [3.63, 3.8) is 0 Å². The van der Waals surface area contributed by atoms with E-state index in [9.17, 15) is 49.1 Å². The van der Waals surface area contributed by atoms with Gasteiger partial charge in [0.25, 0.3) is 17.1 Å². The molecule has 0 unspecified atom stereocenters. The fourth-order valence-corrected chi connectivity index (χ4v) is 10.6. The van der Waals surface area contributed by atoms with Gasteiger partial charge in [0.1, 0.15) is 40.7 Å². The highest BCUT2D eigenvalue weighted by molar-refractivity contribution is 7.91. The Morgan fingerprint density at radius 3 is 1.41 bits per heavy atom. The molecule has 400 valence electrons. The average Bonchev–Trinajstić information content (AvgIpc) is 3.74. The van der Waals surface area contributed by atoms with Crippen LogP contribution in [0.15, 0.2) is 131 Å². The molecule has 0 bridgehead atoms. The van der Waals surface area contributed by atoms with Crippen molar-refractivity contribution in [3.05, 3.63) is 176 Å². The molecule has 0 saturated carbocycles. The van der Waals surface area contributed by atoms with E-state index in [2.05, 4.69) is 0 Å². The summed E-state index contributed by atoms with van der Waals surface area (Å²) in [6.45, 7) is 3.01. The van der Waals surface area contributed by atoms with Crippen molar-refractivity contribution in [1.82, 2.24) is 0 Å². The summed E-state index contributed by atoms with van der Waals surface area (Å²) in [6.07, 6.45) is -4.70. The zero-order chi connectivity index (χ0) is 55.6. The molecule has 2 aliphatic carbocycles. The summed E-state index contributed by atoms with van der Waals surface area (Å²) in [6, 6.07) is 28.5. The van der Waals surface area contributed by atoms with Crippen molar-refractivity contribution >= 4 is 65.7 Å². The molecule has 1 N–H and O–H groups in total. The molecule has 0 saturated heterocycles. The smallest absolute Gasteiger partial charge is 0.343 e. The van der Waals surface area contributed by atoms with Crippen LogP contribution in [0.2, 0.25) is 10.0 Å². The summed E-state index contributed by atoms with van der Waals surface area (Å²) in [5.74, 6) is -10.1. The maximum Gasteiger partial charge on any atom is 0.343 e. The number of fused-ring (bicyclic) bond motifs is 2. The van der Waals surface area contributed by atoms with Gasteiger partial charge in [-0.3, -0.25) is 4.79 Å². The van der Waals surface area contributed by atoms with E-state index in [1.165, 1.54) is 45.4 Å². The van der Waals surface area contributed by atoms with Gasteiger partial charge in [0.15, 0.2) is 37.0 Å². The first-order chi connectivity index (χ1) is 34.9. The number of carbonyl (C=O) groups is 2. The largest absolute Gasteiger partial charge is 0.457 e. The van der Waals surface area contributed by atoms with Gasteiger partial charge in [-0.1, -0.05) is 83.9 Å². The van der Waals surface area contributed by atoms with Gasteiger partial charge in [-0.25, -0.2) is 48.0 Å². The lowest BCUT2D eigenvalue weighted by Gasteiger charge is -2.30. The molecule has 0 amide bonds.